The zero-order chi connectivity index (χ0) is 19.6. The lowest BCUT2D eigenvalue weighted by molar-refractivity contribution is 0.132. The van der Waals surface area contributed by atoms with Crippen LogP contribution in [0.4, 0.5) is 0 Å². The van der Waals surface area contributed by atoms with Crippen molar-refractivity contribution in [2.45, 2.75) is 13.2 Å². The number of nitrogens with zero attached hydrogens (tertiary/aromatic N) is 2. The Bertz CT molecular complexity index is 899. The van der Waals surface area contributed by atoms with Crippen molar-refractivity contribution >= 4 is 35.6 Å². The van der Waals surface area contributed by atoms with Gasteiger partial charge in [-0.2, -0.15) is 0 Å². The molecule has 0 N–H and O–H groups in total. The molecule has 0 saturated heterocycles. The van der Waals surface area contributed by atoms with Crippen LogP contribution < -0.4 is 0 Å². The maximum absolute atomic E-state index is 6.08. The molecule has 0 unspecified atom stereocenters. The summed E-state index contributed by atoms with van der Waals surface area (Å²) in [5.41, 5.74) is 3.54. The largest absolute Gasteiger partial charge is 0.391 e. The van der Waals surface area contributed by atoms with Gasteiger partial charge in [-0.05, 0) is 29.3 Å². The van der Waals surface area contributed by atoms with Crippen LogP contribution in [0.1, 0.15) is 22.3 Å². The Balaban J connectivity index is 1.50. The van der Waals surface area contributed by atoms with Crippen molar-refractivity contribution in [1.82, 2.24) is 0 Å². The second-order valence-corrected chi connectivity index (χ2v) is 6.68. The molecular weight excluding hydrogens is 395 g/mol. The van der Waals surface area contributed by atoms with Crippen LogP contribution in [0.3, 0.4) is 0 Å². The molecule has 0 aromatic heterocycles. The van der Waals surface area contributed by atoms with Gasteiger partial charge in [-0.25, -0.2) is 0 Å². The monoisotopic (exact) mass is 412 g/mol. The lowest BCUT2D eigenvalue weighted by atomic mass is 10.1. The first kappa shape index (κ1) is 19.9. The molecule has 0 atom stereocenters. The number of oxime groups is 2. The van der Waals surface area contributed by atoms with E-state index in [1.165, 1.54) is 0 Å². The highest BCUT2D eigenvalue weighted by molar-refractivity contribution is 6.31. The minimum absolute atomic E-state index is 0.313. The molecular formula is C22H18Cl2N2O2. The molecule has 0 heterocycles. The van der Waals surface area contributed by atoms with Crippen molar-refractivity contribution in [1.29, 1.82) is 0 Å². The number of hydrogen-bond acceptors (Lipinski definition) is 4. The fourth-order valence-electron chi connectivity index (χ4n) is 2.36. The van der Waals surface area contributed by atoms with Crippen molar-refractivity contribution in [2.75, 3.05) is 0 Å². The molecule has 3 aromatic rings. The van der Waals surface area contributed by atoms with E-state index in [2.05, 4.69) is 10.3 Å². The summed E-state index contributed by atoms with van der Waals surface area (Å²) in [6.45, 7) is 0.625. The Kier molecular flexibility index (Phi) is 7.47. The molecule has 0 radical (unpaired) electrons. The molecule has 0 saturated carbocycles. The molecule has 0 bridgehead atoms. The Hall–Kier alpha value is -2.82. The summed E-state index contributed by atoms with van der Waals surface area (Å²) in [4.78, 5) is 10.6. The number of benzene rings is 3. The minimum Gasteiger partial charge on any atom is -0.391 e. The van der Waals surface area contributed by atoms with Gasteiger partial charge in [0.15, 0.2) is 0 Å². The van der Waals surface area contributed by atoms with E-state index in [-0.39, 0.29) is 0 Å². The van der Waals surface area contributed by atoms with Gasteiger partial charge in [-0.1, -0.05) is 88.1 Å². The van der Waals surface area contributed by atoms with Crippen LogP contribution in [0.25, 0.3) is 0 Å². The molecule has 142 valence electrons. The van der Waals surface area contributed by atoms with Crippen LogP contribution in [-0.2, 0) is 22.9 Å². The molecule has 3 aromatic carbocycles. The van der Waals surface area contributed by atoms with E-state index in [1.54, 1.807) is 12.4 Å². The zero-order valence-electron chi connectivity index (χ0n) is 15.0. The first-order valence-corrected chi connectivity index (χ1v) is 9.35. The molecule has 0 aliphatic carbocycles. The quantitative estimate of drug-likeness (QED) is 0.331. The van der Waals surface area contributed by atoms with Crippen LogP contribution >= 0.6 is 23.2 Å². The van der Waals surface area contributed by atoms with E-state index < -0.39 is 0 Å². The van der Waals surface area contributed by atoms with E-state index in [1.807, 2.05) is 72.8 Å². The highest BCUT2D eigenvalue weighted by Crippen LogP contribution is 2.16. The predicted molar refractivity (Wildman–Crippen MR) is 114 cm³/mol. The summed E-state index contributed by atoms with van der Waals surface area (Å²) in [5, 5.41) is 9.30. The van der Waals surface area contributed by atoms with Crippen LogP contribution in [0, 0.1) is 0 Å². The second kappa shape index (κ2) is 10.5. The van der Waals surface area contributed by atoms with Gasteiger partial charge in [-0.15, -0.1) is 0 Å². The van der Waals surface area contributed by atoms with E-state index in [0.717, 1.165) is 22.3 Å². The van der Waals surface area contributed by atoms with E-state index in [0.29, 0.717) is 23.3 Å². The maximum atomic E-state index is 6.08. The van der Waals surface area contributed by atoms with Crippen LogP contribution in [-0.4, -0.2) is 12.4 Å². The standard InChI is InChI=1S/C22H18Cl2N2O2/c23-21-10-3-1-8-19(21)15-27-25-13-17-6-5-7-18(12-17)14-26-28-16-20-9-2-4-11-22(20)24/h1-14H,15-16H2/b25-13+,26-14+. The zero-order valence-corrected chi connectivity index (χ0v) is 16.5. The van der Waals surface area contributed by atoms with Crippen molar-refractivity contribution < 1.29 is 9.68 Å². The van der Waals surface area contributed by atoms with Crippen LogP contribution in [0.5, 0.6) is 0 Å². The fraction of sp³-hybridized carbons (Fsp3) is 0.0909. The van der Waals surface area contributed by atoms with Gasteiger partial charge in [0, 0.05) is 21.2 Å². The highest BCUT2D eigenvalue weighted by Gasteiger charge is 1.99. The molecule has 0 spiro atoms. The molecule has 0 amide bonds. The van der Waals surface area contributed by atoms with Gasteiger partial charge < -0.3 is 9.68 Å². The van der Waals surface area contributed by atoms with Gasteiger partial charge in [0.2, 0.25) is 0 Å². The summed E-state index contributed by atoms with van der Waals surface area (Å²) in [6.07, 6.45) is 3.28. The Morgan fingerprint density at radius 1 is 0.643 bits per heavy atom. The van der Waals surface area contributed by atoms with Crippen molar-refractivity contribution in [3.63, 3.8) is 0 Å². The SMILES string of the molecule is Clc1ccccc1CO/N=C/c1cccc(/C=N/OCc2ccccc2Cl)c1. The van der Waals surface area contributed by atoms with Gasteiger partial charge in [-0.3, -0.25) is 0 Å². The van der Waals surface area contributed by atoms with Gasteiger partial charge >= 0.3 is 0 Å². The average molecular weight is 413 g/mol. The Morgan fingerprint density at radius 3 is 1.57 bits per heavy atom. The molecule has 0 fully saturated rings. The Labute approximate surface area is 174 Å². The van der Waals surface area contributed by atoms with Gasteiger partial charge in [0.05, 0.1) is 12.4 Å². The molecule has 4 nitrogen and oxygen atoms in total. The van der Waals surface area contributed by atoms with Crippen molar-refractivity contribution in [3.8, 4) is 0 Å². The highest BCUT2D eigenvalue weighted by atomic mass is 35.5. The minimum atomic E-state index is 0.313. The maximum Gasteiger partial charge on any atom is 0.143 e. The summed E-state index contributed by atoms with van der Waals surface area (Å²) >= 11 is 12.2. The lowest BCUT2D eigenvalue weighted by Gasteiger charge is -2.02. The molecule has 0 aliphatic rings. The number of rotatable bonds is 8. The average Bonchev–Trinajstić information content (AvgIpc) is 2.71. The molecule has 0 aliphatic heterocycles. The summed E-state index contributed by atoms with van der Waals surface area (Å²) < 4.78 is 0. The normalized spacial score (nSPS) is 11.2. The summed E-state index contributed by atoms with van der Waals surface area (Å²) in [5.74, 6) is 0. The van der Waals surface area contributed by atoms with Crippen LogP contribution in [0.15, 0.2) is 83.1 Å². The van der Waals surface area contributed by atoms with Gasteiger partial charge in [0.1, 0.15) is 13.2 Å². The van der Waals surface area contributed by atoms with E-state index in [9.17, 15) is 0 Å². The third-order valence-corrected chi connectivity index (χ3v) is 4.56. The molecule has 6 heteroatoms. The number of halogens is 2. The molecule has 3 rings (SSSR count). The van der Waals surface area contributed by atoms with E-state index in [4.69, 9.17) is 32.9 Å². The summed E-state index contributed by atoms with van der Waals surface area (Å²) in [7, 11) is 0. The first-order chi connectivity index (χ1) is 13.7. The number of hydrogen-bond donors (Lipinski definition) is 0. The van der Waals surface area contributed by atoms with E-state index >= 15 is 0 Å². The third kappa shape index (κ3) is 6.12. The smallest absolute Gasteiger partial charge is 0.143 e. The topological polar surface area (TPSA) is 43.2 Å². The van der Waals surface area contributed by atoms with Crippen LogP contribution in [0.2, 0.25) is 10.0 Å². The molecule has 28 heavy (non-hydrogen) atoms. The van der Waals surface area contributed by atoms with Crippen molar-refractivity contribution in [3.05, 3.63) is 105 Å². The lowest BCUT2D eigenvalue weighted by Crippen LogP contribution is -1.91. The third-order valence-electron chi connectivity index (χ3n) is 3.82. The van der Waals surface area contributed by atoms with Crippen molar-refractivity contribution in [2.24, 2.45) is 10.3 Å². The first-order valence-electron chi connectivity index (χ1n) is 8.60. The second-order valence-electron chi connectivity index (χ2n) is 5.87. The predicted octanol–water partition coefficient (Wildman–Crippen LogP) is 6.09. The Morgan fingerprint density at radius 2 is 1.11 bits per heavy atom. The summed E-state index contributed by atoms with van der Waals surface area (Å²) in [6, 6.07) is 22.7. The van der Waals surface area contributed by atoms with Gasteiger partial charge in [0.25, 0.3) is 0 Å². The fourth-order valence-corrected chi connectivity index (χ4v) is 2.74.